The number of carbonyl (C=O) groups excluding carboxylic acids is 1. The number of carbonyl (C=O) groups is 1. The molecular formula is C26H34Cl2NOSiZr. The first kappa shape index (κ1) is 35.7. The summed E-state index contributed by atoms with van der Waals surface area (Å²) in [5.41, 5.74) is 10.4. The monoisotopic (exact) mass is 564 g/mol. The van der Waals surface area contributed by atoms with Crippen molar-refractivity contribution in [2.75, 3.05) is 0 Å². The fourth-order valence-corrected chi connectivity index (χ4v) is 3.67. The van der Waals surface area contributed by atoms with E-state index in [2.05, 4.69) is 94.4 Å². The Morgan fingerprint density at radius 1 is 0.875 bits per heavy atom. The van der Waals surface area contributed by atoms with E-state index in [-0.39, 0.29) is 60.5 Å². The number of allylic oxidation sites excluding steroid dienone is 4. The molecule has 0 aliphatic heterocycles. The number of benzene rings is 2. The summed E-state index contributed by atoms with van der Waals surface area (Å²) < 4.78 is 0. The largest absolute Gasteiger partial charge is 4.00 e. The van der Waals surface area contributed by atoms with E-state index >= 15 is 0 Å². The van der Waals surface area contributed by atoms with Crippen LogP contribution in [0.3, 0.4) is 0 Å². The van der Waals surface area contributed by atoms with E-state index in [9.17, 15) is 4.79 Å². The minimum atomic E-state index is -0.507. The molecule has 6 heteroatoms. The van der Waals surface area contributed by atoms with E-state index in [0.717, 1.165) is 0 Å². The molecule has 3 rings (SSSR count). The number of nitrogens with one attached hydrogen (secondary N) is 1. The Morgan fingerprint density at radius 3 is 1.41 bits per heavy atom. The van der Waals surface area contributed by atoms with Crippen LogP contribution < -0.4 is 35.2 Å². The van der Waals surface area contributed by atoms with Gasteiger partial charge in [0.2, 0.25) is 0 Å². The first-order chi connectivity index (χ1) is 13.5. The third-order valence-electron chi connectivity index (χ3n) is 4.85. The molecule has 0 saturated heterocycles. The Bertz CT molecular complexity index is 810. The van der Waals surface area contributed by atoms with E-state index in [0.29, 0.717) is 5.92 Å². The van der Waals surface area contributed by atoms with Gasteiger partial charge in [0.1, 0.15) is 9.52 Å². The van der Waals surface area contributed by atoms with Crippen LogP contribution in [0.15, 0.2) is 77.4 Å². The number of hydrogen-bond donors (Lipinski definition) is 0. The molecule has 2 aromatic carbocycles. The van der Waals surface area contributed by atoms with Crippen LogP contribution in [0.4, 0.5) is 0 Å². The normalized spacial score (nSPS) is 14.1. The van der Waals surface area contributed by atoms with Crippen LogP contribution in [-0.4, -0.2) is 15.4 Å². The summed E-state index contributed by atoms with van der Waals surface area (Å²) in [7, 11) is 0.271. The summed E-state index contributed by atoms with van der Waals surface area (Å²) in [5, 5.41) is 2.90. The van der Waals surface area contributed by atoms with E-state index in [1.807, 2.05) is 0 Å². The second-order valence-corrected chi connectivity index (χ2v) is 9.97. The summed E-state index contributed by atoms with van der Waals surface area (Å²) in [5.74, 6) is 0.0532. The molecule has 0 bridgehead atoms. The summed E-state index contributed by atoms with van der Waals surface area (Å²) >= 11 is 0. The van der Waals surface area contributed by atoms with Gasteiger partial charge in [-0.3, -0.25) is 6.08 Å². The molecular weight excluding hydrogens is 533 g/mol. The standard InChI is InChI=1S/C12H11Si.C9H13.C5H11NO.2ClH.Zr/c1-3-7-11(8-4-1)13-12-9-5-2-6-10-12;1-6-5-7(2)9(4)8(6)3;1-5(2,3)4(6)7;;;/h1-10,13H;6H,1-4H3;1-3H3,(H2,6,7);2*1H;/q;-1;;;;+4/p-3. The van der Waals surface area contributed by atoms with Crippen LogP contribution in [0.25, 0.3) is 5.73 Å². The molecule has 1 aliphatic rings. The van der Waals surface area contributed by atoms with Crippen molar-refractivity contribution in [2.24, 2.45) is 11.3 Å². The summed E-state index contributed by atoms with van der Waals surface area (Å²) in [6.07, 6.45) is 3.36. The third kappa shape index (κ3) is 13.6. The zero-order valence-electron chi connectivity index (χ0n) is 20.1. The molecule has 1 unspecified atom stereocenters. The molecule has 1 amide bonds. The predicted octanol–water partition coefficient (Wildman–Crippen LogP) is -0.587. The van der Waals surface area contributed by atoms with Crippen LogP contribution in [0.1, 0.15) is 48.5 Å². The molecule has 0 spiro atoms. The van der Waals surface area contributed by atoms with Crippen LogP contribution in [0, 0.1) is 17.4 Å². The number of hydrogen-bond acceptors (Lipinski definition) is 1. The second-order valence-electron chi connectivity index (χ2n) is 8.34. The van der Waals surface area contributed by atoms with Crippen molar-refractivity contribution in [3.63, 3.8) is 0 Å². The zero-order chi connectivity index (χ0) is 22.0. The number of halogens is 2. The van der Waals surface area contributed by atoms with Crippen molar-refractivity contribution in [3.8, 4) is 0 Å². The van der Waals surface area contributed by atoms with Gasteiger partial charge in [-0.1, -0.05) is 118 Å². The first-order valence-electron chi connectivity index (χ1n) is 10.0. The fourth-order valence-electron chi connectivity index (χ4n) is 2.45. The van der Waals surface area contributed by atoms with E-state index in [1.54, 1.807) is 20.8 Å². The minimum absolute atomic E-state index is 0. The Kier molecular flexibility index (Phi) is 19.5. The summed E-state index contributed by atoms with van der Waals surface area (Å²) in [6.45, 7) is 13.8. The smallest absolute Gasteiger partial charge is 1.00 e. The van der Waals surface area contributed by atoms with E-state index in [1.165, 1.54) is 27.1 Å². The van der Waals surface area contributed by atoms with Gasteiger partial charge < -0.3 is 35.3 Å². The van der Waals surface area contributed by atoms with Gasteiger partial charge in [0, 0.05) is 5.41 Å². The third-order valence-corrected chi connectivity index (χ3v) is 6.29. The quantitative estimate of drug-likeness (QED) is 0.354. The second kappa shape index (κ2) is 17.5. The van der Waals surface area contributed by atoms with Gasteiger partial charge in [-0.15, -0.1) is 6.92 Å². The first-order valence-corrected chi connectivity index (χ1v) is 11.2. The summed E-state index contributed by atoms with van der Waals surface area (Å²) in [4.78, 5) is 10.1. The van der Waals surface area contributed by atoms with E-state index in [4.69, 9.17) is 5.73 Å². The molecule has 1 N–H and O–H groups in total. The summed E-state index contributed by atoms with van der Waals surface area (Å²) in [6, 6.07) is 21.3. The van der Waals surface area contributed by atoms with Crippen LogP contribution in [0.2, 0.25) is 0 Å². The van der Waals surface area contributed by atoms with Crippen LogP contribution in [-0.2, 0) is 31.0 Å². The maximum atomic E-state index is 10.1. The fraction of sp³-hybridized carbons (Fsp3) is 0.346. The maximum absolute atomic E-state index is 10.1. The van der Waals surface area contributed by atoms with Gasteiger partial charge in [0.05, 0.1) is 5.91 Å². The maximum Gasteiger partial charge on any atom is 4.00 e. The molecule has 0 heterocycles. The van der Waals surface area contributed by atoms with E-state index < -0.39 is 11.3 Å². The average molecular weight is 567 g/mol. The van der Waals surface area contributed by atoms with Crippen LogP contribution in [0.5, 0.6) is 0 Å². The molecule has 171 valence electrons. The van der Waals surface area contributed by atoms with Crippen molar-refractivity contribution in [2.45, 2.75) is 48.5 Å². The molecule has 0 aromatic heterocycles. The average Bonchev–Trinajstić information content (AvgIpc) is 2.89. The topological polar surface area (TPSA) is 40.9 Å². The van der Waals surface area contributed by atoms with Gasteiger partial charge in [0.25, 0.3) is 0 Å². The SMILES string of the molecule is CC(C)(C)C([NH-])=O.CC1=[C-]C(C)C(C)=C1C.[Cl-].[Cl-].[Zr+4].c1ccc([SiH]c2ccccc2)cc1. The van der Waals surface area contributed by atoms with Gasteiger partial charge in [-0.05, 0) is 0 Å². The van der Waals surface area contributed by atoms with Crippen LogP contribution >= 0.6 is 0 Å². The Labute approximate surface area is 229 Å². The molecule has 2 aromatic rings. The Hall–Kier alpha value is -0.930. The number of rotatable bonds is 2. The van der Waals surface area contributed by atoms with Crippen molar-refractivity contribution < 1.29 is 55.8 Å². The van der Waals surface area contributed by atoms with Crippen molar-refractivity contribution in [3.05, 3.63) is 89.2 Å². The van der Waals surface area contributed by atoms with Gasteiger partial charge in [-0.25, -0.2) is 5.57 Å². The Balaban J connectivity index is -0.000000397. The molecule has 0 fully saturated rings. The van der Waals surface area contributed by atoms with Crippen molar-refractivity contribution in [1.82, 2.24) is 0 Å². The van der Waals surface area contributed by atoms with Crippen molar-refractivity contribution in [1.29, 1.82) is 0 Å². The molecule has 2 nitrogen and oxygen atoms in total. The minimum Gasteiger partial charge on any atom is -1.00 e. The zero-order valence-corrected chi connectivity index (χ0v) is 25.2. The molecule has 32 heavy (non-hydrogen) atoms. The Morgan fingerprint density at radius 2 is 1.22 bits per heavy atom. The molecule has 1 atom stereocenters. The van der Waals surface area contributed by atoms with Gasteiger partial charge >= 0.3 is 26.2 Å². The molecule has 1 radical (unpaired) electrons. The van der Waals surface area contributed by atoms with Gasteiger partial charge in [-0.2, -0.15) is 11.1 Å². The predicted molar refractivity (Wildman–Crippen MR) is 128 cm³/mol. The number of amides is 1. The molecule has 0 saturated carbocycles. The molecule has 1 aliphatic carbocycles. The van der Waals surface area contributed by atoms with Crippen molar-refractivity contribution >= 4 is 25.8 Å². The van der Waals surface area contributed by atoms with Gasteiger partial charge in [0.15, 0.2) is 0 Å².